The van der Waals surface area contributed by atoms with E-state index < -0.39 is 7.04 Å². The Morgan fingerprint density at radius 1 is 1.50 bits per heavy atom. The van der Waals surface area contributed by atoms with E-state index in [1.807, 2.05) is 6.07 Å². The van der Waals surface area contributed by atoms with Gasteiger partial charge in [-0.2, -0.15) is 0 Å². The molecule has 0 aliphatic heterocycles. The van der Waals surface area contributed by atoms with Crippen LogP contribution in [0.1, 0.15) is 30.8 Å². The third kappa shape index (κ3) is 2.57. The van der Waals surface area contributed by atoms with E-state index in [2.05, 4.69) is 6.92 Å². The molecule has 1 rings (SSSR count). The van der Waals surface area contributed by atoms with Gasteiger partial charge in [-0.25, -0.2) is 0 Å². The van der Waals surface area contributed by atoms with E-state index in [0.717, 1.165) is 24.8 Å². The number of ether oxygens (including phenoxy) is 1. The lowest BCUT2D eigenvalue weighted by Crippen LogP contribution is -1.86. The van der Waals surface area contributed by atoms with Crippen LogP contribution in [-0.4, -0.2) is 7.04 Å². The third-order valence-electron chi connectivity index (χ3n) is 1.78. The van der Waals surface area contributed by atoms with Crippen LogP contribution in [0.15, 0.2) is 24.2 Å². The molecule has 0 bridgehead atoms. The van der Waals surface area contributed by atoms with Crippen LogP contribution < -0.4 is 4.74 Å². The number of hydrogen-bond donors (Lipinski definition) is 0. The molecule has 0 amide bonds. The van der Waals surface area contributed by atoms with E-state index in [-0.39, 0.29) is 11.8 Å². The fourth-order valence-electron chi connectivity index (χ4n) is 1.04. The van der Waals surface area contributed by atoms with Crippen LogP contribution >= 0.6 is 0 Å². The van der Waals surface area contributed by atoms with Gasteiger partial charge in [-0.3, -0.25) is 0 Å². The quantitative estimate of drug-likeness (QED) is 0.671. The zero-order chi connectivity index (χ0) is 12.2. The molecule has 0 unspecified atom stereocenters. The molecule has 1 heteroatoms. The van der Waals surface area contributed by atoms with E-state index in [0.29, 0.717) is 0 Å². The molecular formula is C11H16O. The number of rotatable bonds is 4. The van der Waals surface area contributed by atoms with Gasteiger partial charge >= 0.3 is 0 Å². The minimum Gasteiger partial charge on any atom is -0.497 e. The van der Waals surface area contributed by atoms with E-state index in [9.17, 15) is 0 Å². The lowest BCUT2D eigenvalue weighted by Gasteiger charge is -2.01. The van der Waals surface area contributed by atoms with Gasteiger partial charge in [-0.1, -0.05) is 25.5 Å². The summed E-state index contributed by atoms with van der Waals surface area (Å²) in [6, 6.07) is 5.16. The second-order valence-corrected chi connectivity index (χ2v) is 2.77. The van der Waals surface area contributed by atoms with Crippen molar-refractivity contribution in [3.63, 3.8) is 0 Å². The third-order valence-corrected chi connectivity index (χ3v) is 1.78. The molecule has 0 fully saturated rings. The summed E-state index contributed by atoms with van der Waals surface area (Å²) in [7, 11) is -2.49. The zero-order valence-electron chi connectivity index (χ0n) is 11.3. The molecule has 0 atom stereocenters. The monoisotopic (exact) mass is 168 g/mol. The van der Waals surface area contributed by atoms with E-state index in [4.69, 9.17) is 10.2 Å². The lowest BCUT2D eigenvalue weighted by atomic mass is 10.1. The molecule has 0 spiro atoms. The summed E-state index contributed by atoms with van der Waals surface area (Å²) in [6.07, 6.45) is 3.08. The van der Waals surface area contributed by atoms with Crippen LogP contribution in [0.5, 0.6) is 5.75 Å². The number of unbranched alkanes of at least 4 members (excludes halogenated alkanes) is 1. The molecular weight excluding hydrogens is 148 g/mol. The first-order valence-corrected chi connectivity index (χ1v) is 4.21. The topological polar surface area (TPSA) is 9.23 Å². The van der Waals surface area contributed by atoms with Gasteiger partial charge in [-0.05, 0) is 30.5 Å². The Hall–Kier alpha value is -0.980. The van der Waals surface area contributed by atoms with Crippen molar-refractivity contribution in [2.24, 2.45) is 0 Å². The summed E-state index contributed by atoms with van der Waals surface area (Å²) in [5, 5.41) is 0. The molecule has 0 N–H and O–H groups in total. The highest BCUT2D eigenvalue weighted by molar-refractivity contribution is 5.27. The van der Waals surface area contributed by atoms with Gasteiger partial charge in [0.15, 0.2) is 0 Å². The smallest absolute Gasteiger partial charge is 0.118 e. The summed E-state index contributed by atoms with van der Waals surface area (Å²) in [4.78, 5) is 0. The maximum atomic E-state index is 7.65. The highest BCUT2D eigenvalue weighted by Gasteiger charge is 1.92. The molecule has 0 saturated heterocycles. The second-order valence-electron chi connectivity index (χ2n) is 2.77. The average Bonchev–Trinajstić information content (AvgIpc) is 2.17. The van der Waals surface area contributed by atoms with E-state index >= 15 is 0 Å². The highest BCUT2D eigenvalue weighted by atomic mass is 16.5. The Labute approximate surface area is 80.0 Å². The van der Waals surface area contributed by atoms with Crippen molar-refractivity contribution in [3.05, 3.63) is 29.8 Å². The highest BCUT2D eigenvalue weighted by Crippen LogP contribution is 2.12. The maximum absolute atomic E-state index is 7.65. The number of hydrogen-bond acceptors (Lipinski definition) is 1. The number of aryl methyl sites for hydroxylation is 1. The summed E-state index contributed by atoms with van der Waals surface area (Å²) in [5.41, 5.74) is 1.05. The fourth-order valence-corrected chi connectivity index (χ4v) is 1.04. The van der Waals surface area contributed by atoms with Crippen LogP contribution in [0, 0.1) is 0 Å². The molecule has 0 aliphatic carbocycles. The van der Waals surface area contributed by atoms with Gasteiger partial charge in [0.05, 0.1) is 12.5 Å². The SMILES string of the molecule is [2H]c1cc(CCCC)ccc1OC([2H])([2H])[2H]. The maximum Gasteiger partial charge on any atom is 0.118 e. The normalized spacial score (nSPS) is 15.8. The van der Waals surface area contributed by atoms with Crippen LogP contribution in [-0.2, 0) is 6.42 Å². The van der Waals surface area contributed by atoms with Crippen LogP contribution in [0.2, 0.25) is 0 Å². The zero-order valence-corrected chi connectivity index (χ0v) is 7.26. The Kier molecular flexibility index (Phi) is 1.97. The van der Waals surface area contributed by atoms with E-state index in [1.54, 1.807) is 12.1 Å². The van der Waals surface area contributed by atoms with Gasteiger partial charge in [0, 0.05) is 0 Å². The predicted octanol–water partition coefficient (Wildman–Crippen LogP) is 3.04. The van der Waals surface area contributed by atoms with Gasteiger partial charge in [0.1, 0.15) is 5.75 Å². The minimum atomic E-state index is -2.49. The van der Waals surface area contributed by atoms with Crippen molar-refractivity contribution >= 4 is 0 Å². The number of methoxy groups -OCH3 is 1. The Morgan fingerprint density at radius 2 is 2.42 bits per heavy atom. The number of benzene rings is 1. The molecule has 0 aliphatic rings. The molecule has 0 heterocycles. The first-order valence-electron chi connectivity index (χ1n) is 6.21. The molecule has 66 valence electrons. The summed E-state index contributed by atoms with van der Waals surface area (Å²) >= 11 is 0. The summed E-state index contributed by atoms with van der Waals surface area (Å²) in [6.45, 7) is 2.10. The van der Waals surface area contributed by atoms with Crippen molar-refractivity contribution in [3.8, 4) is 5.75 Å². The standard InChI is InChI=1S/C11H16O/c1-3-4-5-10-6-8-11(12-2)9-7-10/h6-9H,3-5H2,1-2H3/i2D3,8D. The largest absolute Gasteiger partial charge is 0.497 e. The fraction of sp³-hybridized carbons (Fsp3) is 0.455. The van der Waals surface area contributed by atoms with Crippen molar-refractivity contribution in [1.29, 1.82) is 0 Å². The molecule has 12 heavy (non-hydrogen) atoms. The van der Waals surface area contributed by atoms with Gasteiger partial charge in [0.25, 0.3) is 0 Å². The minimum absolute atomic E-state index is 0.111. The van der Waals surface area contributed by atoms with Crippen LogP contribution in [0.4, 0.5) is 0 Å². The van der Waals surface area contributed by atoms with Crippen LogP contribution in [0.25, 0.3) is 0 Å². The van der Waals surface area contributed by atoms with Gasteiger partial charge in [0.2, 0.25) is 0 Å². The lowest BCUT2D eigenvalue weighted by molar-refractivity contribution is 0.414. The Bertz CT molecular complexity index is 346. The molecule has 0 radical (unpaired) electrons. The average molecular weight is 168 g/mol. The van der Waals surface area contributed by atoms with Crippen molar-refractivity contribution < 1.29 is 10.2 Å². The second kappa shape index (κ2) is 4.81. The molecule has 0 aromatic heterocycles. The first-order chi connectivity index (χ1) is 7.42. The van der Waals surface area contributed by atoms with Crippen molar-refractivity contribution in [2.45, 2.75) is 26.2 Å². The van der Waals surface area contributed by atoms with Crippen molar-refractivity contribution in [1.82, 2.24) is 0 Å². The summed E-state index contributed by atoms with van der Waals surface area (Å²) in [5.74, 6) is 0.111. The summed E-state index contributed by atoms with van der Waals surface area (Å²) < 4.78 is 33.2. The molecule has 1 aromatic carbocycles. The first kappa shape index (κ1) is 4.90. The predicted molar refractivity (Wildman–Crippen MR) is 51.6 cm³/mol. The van der Waals surface area contributed by atoms with Gasteiger partial charge in [-0.15, -0.1) is 0 Å². The van der Waals surface area contributed by atoms with E-state index in [1.165, 1.54) is 0 Å². The van der Waals surface area contributed by atoms with Crippen LogP contribution in [0.3, 0.4) is 0 Å². The molecule has 0 saturated carbocycles. The Morgan fingerprint density at radius 3 is 3.08 bits per heavy atom. The van der Waals surface area contributed by atoms with Gasteiger partial charge < -0.3 is 4.74 Å². The molecule has 1 nitrogen and oxygen atoms in total. The Balaban J connectivity index is 2.75. The molecule has 1 aromatic rings. The van der Waals surface area contributed by atoms with Crippen molar-refractivity contribution in [2.75, 3.05) is 7.04 Å².